The van der Waals surface area contributed by atoms with E-state index in [9.17, 15) is 17.6 Å². The molecule has 1 aromatic heterocycles. The zero-order valence-corrected chi connectivity index (χ0v) is 18.2. The van der Waals surface area contributed by atoms with Crippen molar-refractivity contribution in [3.05, 3.63) is 46.8 Å². The Morgan fingerprint density at radius 2 is 2.00 bits per heavy atom. The fraction of sp³-hybridized carbons (Fsp3) is 0.500. The van der Waals surface area contributed by atoms with Crippen LogP contribution in [0.2, 0.25) is 0 Å². The first-order valence-electron chi connectivity index (χ1n) is 9.17. The van der Waals surface area contributed by atoms with Crippen LogP contribution in [0.4, 0.5) is 17.6 Å². The van der Waals surface area contributed by atoms with Gasteiger partial charge in [0.05, 0.1) is 18.7 Å². The van der Waals surface area contributed by atoms with Crippen molar-refractivity contribution in [2.24, 2.45) is 4.99 Å². The number of guanidine groups is 1. The van der Waals surface area contributed by atoms with E-state index in [0.29, 0.717) is 25.1 Å². The largest absolute Gasteiger partial charge is 0.416 e. The molecule has 0 spiro atoms. The molecule has 29 heavy (non-hydrogen) atoms. The molecular weight excluding hydrogens is 503 g/mol. The van der Waals surface area contributed by atoms with E-state index >= 15 is 0 Å². The second kappa shape index (κ2) is 10.2. The van der Waals surface area contributed by atoms with Crippen LogP contribution in [0.1, 0.15) is 42.5 Å². The Labute approximate surface area is 183 Å². The summed E-state index contributed by atoms with van der Waals surface area (Å²) in [6.07, 6.45) is -1.59. The molecule has 2 heterocycles. The fourth-order valence-corrected chi connectivity index (χ4v) is 3.12. The van der Waals surface area contributed by atoms with E-state index in [1.165, 1.54) is 0 Å². The van der Waals surface area contributed by atoms with Crippen LogP contribution in [-0.4, -0.2) is 27.3 Å². The predicted octanol–water partition coefficient (Wildman–Crippen LogP) is 3.65. The minimum absolute atomic E-state index is 0. The average molecular weight is 526 g/mol. The molecule has 0 fully saturated rings. The van der Waals surface area contributed by atoms with Gasteiger partial charge in [-0.2, -0.15) is 13.2 Å². The Hall–Kier alpha value is -1.92. The number of rotatable bonds is 5. The van der Waals surface area contributed by atoms with E-state index in [1.807, 2.05) is 6.92 Å². The highest BCUT2D eigenvalue weighted by Crippen LogP contribution is 2.32. The van der Waals surface area contributed by atoms with E-state index in [1.54, 1.807) is 0 Å². The van der Waals surface area contributed by atoms with Gasteiger partial charge >= 0.3 is 6.18 Å². The number of alkyl halides is 3. The van der Waals surface area contributed by atoms with Gasteiger partial charge in [-0.25, -0.2) is 9.38 Å². The summed E-state index contributed by atoms with van der Waals surface area (Å²) in [4.78, 5) is 4.21. The van der Waals surface area contributed by atoms with Crippen LogP contribution in [0.15, 0.2) is 23.2 Å². The number of aromatic nitrogens is 3. The number of halogens is 5. The molecule has 0 radical (unpaired) electrons. The Balaban J connectivity index is 0.00000300. The third-order valence-electron chi connectivity index (χ3n) is 4.48. The maximum atomic E-state index is 13.2. The van der Waals surface area contributed by atoms with Crippen molar-refractivity contribution in [1.29, 1.82) is 0 Å². The van der Waals surface area contributed by atoms with Gasteiger partial charge in [0.2, 0.25) is 0 Å². The van der Waals surface area contributed by atoms with Gasteiger partial charge in [-0.15, -0.1) is 34.2 Å². The van der Waals surface area contributed by atoms with Gasteiger partial charge in [0, 0.05) is 19.5 Å². The Morgan fingerprint density at radius 3 is 2.72 bits per heavy atom. The molecule has 2 N–H and O–H groups in total. The van der Waals surface area contributed by atoms with Crippen LogP contribution in [0.25, 0.3) is 0 Å². The molecule has 1 aliphatic rings. The molecule has 0 atom stereocenters. The van der Waals surface area contributed by atoms with Crippen molar-refractivity contribution in [3.8, 4) is 0 Å². The first-order chi connectivity index (χ1) is 13.4. The highest BCUT2D eigenvalue weighted by atomic mass is 127. The molecule has 0 amide bonds. The summed E-state index contributed by atoms with van der Waals surface area (Å²) in [7, 11) is 0. The zero-order chi connectivity index (χ0) is 20.1. The summed E-state index contributed by atoms with van der Waals surface area (Å²) < 4.78 is 54.7. The van der Waals surface area contributed by atoms with Crippen molar-refractivity contribution in [2.75, 3.05) is 6.54 Å². The number of aliphatic imine (C=N–C) groups is 1. The molecule has 11 heteroatoms. The summed E-state index contributed by atoms with van der Waals surface area (Å²) in [6, 6.07) is 2.61. The van der Waals surface area contributed by atoms with Crippen molar-refractivity contribution in [2.45, 2.75) is 52.0 Å². The first-order valence-corrected chi connectivity index (χ1v) is 9.17. The summed E-state index contributed by atoms with van der Waals surface area (Å²) in [5, 5.41) is 14.4. The lowest BCUT2D eigenvalue weighted by atomic mass is 10.1. The van der Waals surface area contributed by atoms with E-state index in [-0.39, 0.29) is 36.1 Å². The lowest BCUT2D eigenvalue weighted by molar-refractivity contribution is -0.138. The lowest BCUT2D eigenvalue weighted by Gasteiger charge is -2.16. The molecule has 0 aliphatic carbocycles. The molecule has 0 unspecified atom stereocenters. The third-order valence-corrected chi connectivity index (χ3v) is 4.48. The minimum Gasteiger partial charge on any atom is -0.357 e. The molecule has 0 saturated carbocycles. The van der Waals surface area contributed by atoms with Crippen molar-refractivity contribution >= 4 is 29.9 Å². The van der Waals surface area contributed by atoms with Gasteiger partial charge in [0.1, 0.15) is 11.6 Å². The molecule has 0 saturated heterocycles. The summed E-state index contributed by atoms with van der Waals surface area (Å²) in [5.41, 5.74) is -1.11. The van der Waals surface area contributed by atoms with Crippen LogP contribution in [0.3, 0.4) is 0 Å². The highest BCUT2D eigenvalue weighted by Gasteiger charge is 2.33. The molecule has 1 aliphatic heterocycles. The lowest BCUT2D eigenvalue weighted by Crippen LogP contribution is -2.37. The van der Waals surface area contributed by atoms with Crippen LogP contribution < -0.4 is 10.6 Å². The zero-order valence-electron chi connectivity index (χ0n) is 15.9. The third kappa shape index (κ3) is 6.03. The van der Waals surface area contributed by atoms with E-state index < -0.39 is 17.6 Å². The van der Waals surface area contributed by atoms with E-state index in [0.717, 1.165) is 49.6 Å². The van der Waals surface area contributed by atoms with Gasteiger partial charge in [-0.1, -0.05) is 6.07 Å². The normalized spacial score (nSPS) is 14.2. The Kier molecular flexibility index (Phi) is 8.23. The fourth-order valence-electron chi connectivity index (χ4n) is 3.12. The second-order valence-corrected chi connectivity index (χ2v) is 6.49. The average Bonchev–Trinajstić information content (AvgIpc) is 3.07. The number of hydrogen-bond acceptors (Lipinski definition) is 3. The molecule has 6 nitrogen and oxygen atoms in total. The number of benzene rings is 1. The second-order valence-electron chi connectivity index (χ2n) is 6.49. The number of hydrogen-bond donors (Lipinski definition) is 2. The number of nitrogens with zero attached hydrogens (tertiary/aromatic N) is 4. The SMILES string of the molecule is CCNC(=NCc1ccc(F)cc1C(F)(F)F)NCc1nnc2n1CCCC2.I. The van der Waals surface area contributed by atoms with Gasteiger partial charge in [0.25, 0.3) is 0 Å². The van der Waals surface area contributed by atoms with E-state index in [4.69, 9.17) is 0 Å². The molecule has 1 aromatic carbocycles. The van der Waals surface area contributed by atoms with Crippen LogP contribution in [-0.2, 0) is 32.2 Å². The van der Waals surface area contributed by atoms with Gasteiger partial charge in [-0.3, -0.25) is 0 Å². The maximum Gasteiger partial charge on any atom is 0.416 e. The highest BCUT2D eigenvalue weighted by molar-refractivity contribution is 14.0. The number of nitrogens with one attached hydrogen (secondary N) is 2. The standard InChI is InChI=1S/C18H22F4N6.HI/c1-2-23-17(25-11-16-27-26-15-5-3-4-8-28(15)16)24-10-12-6-7-13(19)9-14(12)18(20,21)22;/h6-7,9H,2-5,8,10-11H2,1H3,(H2,23,24,25);1H. The molecule has 3 rings (SSSR count). The minimum atomic E-state index is -4.64. The molecule has 0 bridgehead atoms. The summed E-state index contributed by atoms with van der Waals surface area (Å²) in [6.45, 7) is 3.38. The summed E-state index contributed by atoms with van der Waals surface area (Å²) in [5.74, 6) is 1.14. The quantitative estimate of drug-likeness (QED) is 0.270. The monoisotopic (exact) mass is 526 g/mol. The van der Waals surface area contributed by atoms with Crippen LogP contribution >= 0.6 is 24.0 Å². The van der Waals surface area contributed by atoms with Crippen LogP contribution in [0, 0.1) is 5.82 Å². The van der Waals surface area contributed by atoms with Crippen molar-refractivity contribution in [1.82, 2.24) is 25.4 Å². The Morgan fingerprint density at radius 1 is 1.21 bits per heavy atom. The molecule has 160 valence electrons. The topological polar surface area (TPSA) is 67.1 Å². The summed E-state index contributed by atoms with van der Waals surface area (Å²) >= 11 is 0. The molecular formula is C18H23F4IN6. The smallest absolute Gasteiger partial charge is 0.357 e. The number of aryl methyl sites for hydroxylation is 1. The molecule has 2 aromatic rings. The van der Waals surface area contributed by atoms with Gasteiger partial charge < -0.3 is 15.2 Å². The predicted molar refractivity (Wildman–Crippen MR) is 111 cm³/mol. The first kappa shape index (κ1) is 23.4. The van der Waals surface area contributed by atoms with Crippen LogP contribution in [0.5, 0.6) is 0 Å². The number of fused-ring (bicyclic) bond motifs is 1. The van der Waals surface area contributed by atoms with Gasteiger partial charge in [-0.05, 0) is 37.5 Å². The maximum absolute atomic E-state index is 13.2. The van der Waals surface area contributed by atoms with Crippen molar-refractivity contribution in [3.63, 3.8) is 0 Å². The van der Waals surface area contributed by atoms with Gasteiger partial charge in [0.15, 0.2) is 11.8 Å². The Bertz CT molecular complexity index is 849. The van der Waals surface area contributed by atoms with Crippen molar-refractivity contribution < 1.29 is 17.6 Å². The van der Waals surface area contributed by atoms with E-state index in [2.05, 4.69) is 30.4 Å².